The largest absolute Gasteiger partial charge is 0.457 e. The number of hydrogen-bond acceptors (Lipinski definition) is 7. The molecule has 10 heteroatoms. The van der Waals surface area contributed by atoms with Crippen molar-refractivity contribution in [3.05, 3.63) is 79.3 Å². The number of amides is 1. The highest BCUT2D eigenvalue weighted by atomic mass is 19.1. The minimum Gasteiger partial charge on any atom is -0.457 e. The summed E-state index contributed by atoms with van der Waals surface area (Å²) in [6, 6.07) is 16.9. The van der Waals surface area contributed by atoms with Crippen molar-refractivity contribution >= 4 is 22.8 Å². The van der Waals surface area contributed by atoms with Crippen LogP contribution < -0.4 is 10.5 Å². The van der Waals surface area contributed by atoms with E-state index in [4.69, 9.17) is 10.5 Å². The second kappa shape index (κ2) is 11.5. The van der Waals surface area contributed by atoms with Crippen LogP contribution in [-0.4, -0.2) is 79.3 Å². The first-order chi connectivity index (χ1) is 20.8. The quantitative estimate of drug-likeness (QED) is 0.263. The first-order valence-corrected chi connectivity index (χ1v) is 14.2. The van der Waals surface area contributed by atoms with Gasteiger partial charge in [-0.1, -0.05) is 42.8 Å². The van der Waals surface area contributed by atoms with Crippen molar-refractivity contribution in [3.63, 3.8) is 0 Å². The van der Waals surface area contributed by atoms with Crippen molar-refractivity contribution in [2.45, 2.75) is 30.6 Å². The van der Waals surface area contributed by atoms with E-state index in [9.17, 15) is 9.90 Å². The molecule has 2 aliphatic rings. The van der Waals surface area contributed by atoms with Gasteiger partial charge in [0, 0.05) is 38.3 Å². The van der Waals surface area contributed by atoms with Crippen molar-refractivity contribution in [1.29, 1.82) is 0 Å². The molecule has 220 valence electrons. The van der Waals surface area contributed by atoms with Gasteiger partial charge in [-0.05, 0) is 54.7 Å². The van der Waals surface area contributed by atoms with Crippen LogP contribution in [0.2, 0.25) is 0 Å². The lowest BCUT2D eigenvalue weighted by molar-refractivity contribution is -0.133. The Morgan fingerprint density at radius 1 is 1.19 bits per heavy atom. The van der Waals surface area contributed by atoms with Crippen LogP contribution in [0.15, 0.2) is 73.6 Å². The van der Waals surface area contributed by atoms with Gasteiger partial charge in [-0.15, -0.1) is 0 Å². The first kappa shape index (κ1) is 28.4. The number of aromatic nitrogens is 3. The molecule has 2 aromatic carbocycles. The van der Waals surface area contributed by atoms with Gasteiger partial charge in [0.15, 0.2) is 5.67 Å². The number of aliphatic hydroxyl groups is 1. The number of nitrogens with two attached hydrogens (primary N) is 1. The zero-order valence-electron chi connectivity index (χ0n) is 23.9. The molecule has 2 atom stereocenters. The van der Waals surface area contributed by atoms with Crippen molar-refractivity contribution in [3.8, 4) is 34.5 Å². The zero-order chi connectivity index (χ0) is 30.1. The molecular formula is C33H33FN6O3. The number of halogens is 1. The SMILES string of the molecule is C=CC(=O)N1CC[C@@H](N2CC(F)(C#Cc3c(-c4ccc(Oc5ccccc5)cc4)c4c(N)ncnc4n3C)C2)C[C@H]1CO. The van der Waals surface area contributed by atoms with Crippen LogP contribution in [0.3, 0.4) is 0 Å². The minimum atomic E-state index is -1.69. The number of nitrogens with zero attached hydrogens (tertiary/aromatic N) is 5. The number of anilines is 1. The van der Waals surface area contributed by atoms with Crippen molar-refractivity contribution in [2.75, 3.05) is 32.0 Å². The molecule has 2 saturated heterocycles. The number of piperidine rings is 1. The van der Waals surface area contributed by atoms with Gasteiger partial charge in [-0.3, -0.25) is 9.69 Å². The van der Waals surface area contributed by atoms with E-state index in [2.05, 4.69) is 28.4 Å². The van der Waals surface area contributed by atoms with Crippen LogP contribution in [0, 0.1) is 11.8 Å². The number of likely N-dealkylation sites (tertiary alicyclic amines) is 2. The summed E-state index contributed by atoms with van der Waals surface area (Å²) in [6.45, 7) is 4.23. The van der Waals surface area contributed by atoms with E-state index in [0.29, 0.717) is 47.7 Å². The van der Waals surface area contributed by atoms with E-state index >= 15 is 4.39 Å². The predicted molar refractivity (Wildman–Crippen MR) is 163 cm³/mol. The van der Waals surface area contributed by atoms with Crippen LogP contribution >= 0.6 is 0 Å². The number of alkyl halides is 1. The van der Waals surface area contributed by atoms with Gasteiger partial charge in [-0.25, -0.2) is 14.4 Å². The number of carbonyl (C=O) groups excluding carboxylic acids is 1. The lowest BCUT2D eigenvalue weighted by Crippen LogP contribution is -2.64. The molecule has 2 fully saturated rings. The summed E-state index contributed by atoms with van der Waals surface area (Å²) in [5, 5.41) is 10.5. The van der Waals surface area contributed by atoms with Crippen molar-refractivity contribution < 1.29 is 19.0 Å². The monoisotopic (exact) mass is 580 g/mol. The lowest BCUT2D eigenvalue weighted by Gasteiger charge is -2.50. The average molecular weight is 581 g/mol. The highest BCUT2D eigenvalue weighted by Crippen LogP contribution is 2.38. The normalized spacial score (nSPS) is 19.7. The molecule has 43 heavy (non-hydrogen) atoms. The topological polar surface area (TPSA) is 110 Å². The summed E-state index contributed by atoms with van der Waals surface area (Å²) in [4.78, 5) is 24.5. The van der Waals surface area contributed by atoms with Gasteiger partial charge in [0.1, 0.15) is 35.0 Å². The van der Waals surface area contributed by atoms with Gasteiger partial charge >= 0.3 is 0 Å². The maximum atomic E-state index is 15.9. The van der Waals surface area contributed by atoms with Gasteiger partial charge in [0.25, 0.3) is 0 Å². The molecule has 0 bridgehead atoms. The molecule has 9 nitrogen and oxygen atoms in total. The smallest absolute Gasteiger partial charge is 0.246 e. The molecule has 0 unspecified atom stereocenters. The van der Waals surface area contributed by atoms with E-state index < -0.39 is 5.67 Å². The maximum absolute atomic E-state index is 15.9. The maximum Gasteiger partial charge on any atom is 0.246 e. The Bertz CT molecular complexity index is 1720. The molecule has 3 N–H and O–H groups in total. The second-order valence-electron chi connectivity index (χ2n) is 11.1. The van der Waals surface area contributed by atoms with Gasteiger partial charge in [0.2, 0.25) is 5.91 Å². The fourth-order valence-corrected chi connectivity index (χ4v) is 6.07. The Morgan fingerprint density at radius 2 is 1.91 bits per heavy atom. The number of nitrogen functional groups attached to an aromatic ring is 1. The number of aliphatic hydroxyl groups excluding tert-OH is 1. The Morgan fingerprint density at radius 3 is 2.60 bits per heavy atom. The molecule has 1 amide bonds. The zero-order valence-corrected chi connectivity index (χ0v) is 23.9. The standard InChI is InChI=1S/C33H33FN6O3/c1-3-28(42)40-16-14-23(17-24(40)18-41)39-19-33(34,20-39)15-13-27-29(30-31(35)36-21-37-32(30)38(27)2)22-9-11-26(12-10-22)43-25-7-5-4-6-8-25/h3-12,21,23-24,41H,1,14,16-20H2,2H3,(H2,35,36,37)/t23-,24+/m1/s1. The molecule has 0 saturated carbocycles. The van der Waals surface area contributed by atoms with Crippen molar-refractivity contribution in [1.82, 2.24) is 24.3 Å². The van der Waals surface area contributed by atoms with Gasteiger partial charge in [0.05, 0.1) is 18.0 Å². The van der Waals surface area contributed by atoms with Crippen LogP contribution in [-0.2, 0) is 11.8 Å². The number of benzene rings is 2. The molecule has 4 heterocycles. The molecule has 0 radical (unpaired) electrons. The van der Waals surface area contributed by atoms with E-state index in [1.165, 1.54) is 12.4 Å². The third kappa shape index (κ3) is 5.45. The van der Waals surface area contributed by atoms with E-state index in [1.807, 2.05) is 71.1 Å². The summed E-state index contributed by atoms with van der Waals surface area (Å²) in [5.74, 6) is 7.55. The number of para-hydroxylation sites is 1. The summed E-state index contributed by atoms with van der Waals surface area (Å²) in [5.41, 5.74) is 7.39. The Balaban J connectivity index is 1.25. The Kier molecular flexibility index (Phi) is 7.61. The highest BCUT2D eigenvalue weighted by Gasteiger charge is 2.47. The third-order valence-corrected chi connectivity index (χ3v) is 8.30. The molecule has 2 aliphatic heterocycles. The van der Waals surface area contributed by atoms with Crippen LogP contribution in [0.25, 0.3) is 22.2 Å². The van der Waals surface area contributed by atoms with Crippen LogP contribution in [0.1, 0.15) is 18.5 Å². The highest BCUT2D eigenvalue weighted by molar-refractivity contribution is 6.03. The molecular weight excluding hydrogens is 547 g/mol. The predicted octanol–water partition coefficient (Wildman–Crippen LogP) is 3.92. The van der Waals surface area contributed by atoms with Crippen LogP contribution in [0.5, 0.6) is 11.5 Å². The number of carbonyl (C=O) groups is 1. The minimum absolute atomic E-state index is 0.0663. The number of rotatable bonds is 6. The lowest BCUT2D eigenvalue weighted by atomic mass is 9.88. The number of fused-ring (bicyclic) bond motifs is 1. The van der Waals surface area contributed by atoms with Crippen molar-refractivity contribution in [2.24, 2.45) is 7.05 Å². The first-order valence-electron chi connectivity index (χ1n) is 14.2. The molecule has 6 rings (SSSR count). The third-order valence-electron chi connectivity index (χ3n) is 8.30. The van der Waals surface area contributed by atoms with E-state index in [1.54, 1.807) is 4.90 Å². The molecule has 2 aromatic heterocycles. The Labute approximate surface area is 249 Å². The summed E-state index contributed by atoms with van der Waals surface area (Å²) >= 11 is 0. The summed E-state index contributed by atoms with van der Waals surface area (Å²) in [7, 11) is 1.83. The molecule has 0 spiro atoms. The van der Waals surface area contributed by atoms with Crippen LogP contribution in [0.4, 0.5) is 10.2 Å². The van der Waals surface area contributed by atoms with E-state index in [-0.39, 0.29) is 37.7 Å². The fraction of sp³-hybridized carbons (Fsp3) is 0.303. The summed E-state index contributed by atoms with van der Waals surface area (Å²) in [6.07, 6.45) is 3.95. The number of aryl methyl sites for hydroxylation is 1. The Hall–Kier alpha value is -4.72. The molecule has 0 aliphatic carbocycles. The van der Waals surface area contributed by atoms with Gasteiger partial charge < -0.3 is 25.0 Å². The average Bonchev–Trinajstić information content (AvgIpc) is 3.31. The number of ether oxygens (including phenoxy) is 1. The van der Waals surface area contributed by atoms with Gasteiger partial charge in [-0.2, -0.15) is 0 Å². The second-order valence-corrected chi connectivity index (χ2v) is 11.1. The number of hydrogen-bond donors (Lipinski definition) is 2. The molecule has 4 aromatic rings. The van der Waals surface area contributed by atoms with E-state index in [0.717, 1.165) is 16.9 Å². The summed E-state index contributed by atoms with van der Waals surface area (Å²) < 4.78 is 23.6. The fourth-order valence-electron chi connectivity index (χ4n) is 6.07.